The summed E-state index contributed by atoms with van der Waals surface area (Å²) in [6.07, 6.45) is 0.828. The molecule has 0 unspecified atom stereocenters. The average molecular weight is 351 g/mol. The number of benzene rings is 2. The van der Waals surface area contributed by atoms with E-state index in [9.17, 15) is 0 Å². The Kier molecular flexibility index (Phi) is 4.12. The van der Waals surface area contributed by atoms with Gasteiger partial charge in [0.1, 0.15) is 11.5 Å². The minimum Gasteiger partial charge on any atom is -0.497 e. The second kappa shape index (κ2) is 6.59. The van der Waals surface area contributed by atoms with E-state index in [0.29, 0.717) is 5.95 Å². The fraction of sp³-hybridized carbons (Fsp3) is 0.263. The van der Waals surface area contributed by atoms with Crippen molar-refractivity contribution in [3.8, 4) is 11.5 Å². The molecule has 0 aliphatic carbocycles. The van der Waals surface area contributed by atoms with Crippen molar-refractivity contribution in [2.45, 2.75) is 18.5 Å². The summed E-state index contributed by atoms with van der Waals surface area (Å²) in [6.45, 7) is 0. The molecule has 0 radical (unpaired) electrons. The molecule has 0 saturated carbocycles. The summed E-state index contributed by atoms with van der Waals surface area (Å²) >= 11 is 0. The van der Waals surface area contributed by atoms with Gasteiger partial charge < -0.3 is 20.5 Å². The van der Waals surface area contributed by atoms with Crippen LogP contribution in [-0.2, 0) is 0 Å². The molecular formula is C19H21N5O2. The van der Waals surface area contributed by atoms with Gasteiger partial charge in [0, 0.05) is 0 Å². The molecule has 0 fully saturated rings. The maximum absolute atomic E-state index is 5.85. The number of hydrogen-bond donors (Lipinski definition) is 2. The zero-order valence-corrected chi connectivity index (χ0v) is 14.7. The van der Waals surface area contributed by atoms with E-state index in [1.54, 1.807) is 14.2 Å². The van der Waals surface area contributed by atoms with Crippen molar-refractivity contribution in [1.82, 2.24) is 14.8 Å². The molecule has 1 aliphatic heterocycles. The van der Waals surface area contributed by atoms with Crippen molar-refractivity contribution in [3.63, 3.8) is 0 Å². The minimum atomic E-state index is 0.0362. The number of nitrogens with zero attached hydrogens (tertiary/aromatic N) is 3. The lowest BCUT2D eigenvalue weighted by Crippen LogP contribution is -2.28. The number of rotatable bonds is 4. The van der Waals surface area contributed by atoms with Crippen LogP contribution in [-0.4, -0.2) is 29.0 Å². The number of nitrogens with two attached hydrogens (primary N) is 1. The first-order valence-corrected chi connectivity index (χ1v) is 8.44. The predicted molar refractivity (Wildman–Crippen MR) is 99.5 cm³/mol. The highest BCUT2D eigenvalue weighted by atomic mass is 16.5. The normalized spacial score (nSPS) is 18.7. The third kappa shape index (κ3) is 2.92. The molecule has 2 heterocycles. The number of fused-ring (bicyclic) bond motifs is 1. The van der Waals surface area contributed by atoms with Gasteiger partial charge in [-0.2, -0.15) is 4.98 Å². The molecule has 0 saturated heterocycles. The van der Waals surface area contributed by atoms with Gasteiger partial charge in [0.25, 0.3) is 0 Å². The lowest BCUT2D eigenvalue weighted by Gasteiger charge is -2.31. The van der Waals surface area contributed by atoms with Crippen LogP contribution in [0.3, 0.4) is 0 Å². The van der Waals surface area contributed by atoms with Crippen LogP contribution < -0.4 is 20.5 Å². The van der Waals surface area contributed by atoms with Gasteiger partial charge >= 0.3 is 0 Å². The van der Waals surface area contributed by atoms with Gasteiger partial charge in [-0.25, -0.2) is 4.68 Å². The molecule has 134 valence electrons. The minimum absolute atomic E-state index is 0.0362. The molecule has 0 bridgehead atoms. The van der Waals surface area contributed by atoms with Crippen molar-refractivity contribution in [2.75, 3.05) is 25.3 Å². The molecule has 0 amide bonds. The molecule has 2 aromatic carbocycles. The summed E-state index contributed by atoms with van der Waals surface area (Å²) in [6, 6.07) is 16.2. The number of hydrogen-bond acceptors (Lipinski definition) is 6. The van der Waals surface area contributed by atoms with Crippen molar-refractivity contribution in [2.24, 2.45) is 0 Å². The first-order chi connectivity index (χ1) is 12.7. The number of nitrogen functional groups attached to an aromatic ring is 1. The SMILES string of the molecule is COc1ccc([C@@H]2C[C@@H](c3ccc(OC)cc3)n3nc(N)nc3N2)cc1. The van der Waals surface area contributed by atoms with E-state index in [-0.39, 0.29) is 18.0 Å². The van der Waals surface area contributed by atoms with E-state index in [2.05, 4.69) is 39.7 Å². The Hall–Kier alpha value is -3.22. The van der Waals surface area contributed by atoms with Crippen LogP contribution in [0.25, 0.3) is 0 Å². The molecule has 2 atom stereocenters. The third-order valence-corrected chi connectivity index (χ3v) is 4.72. The topological polar surface area (TPSA) is 87.2 Å². The average Bonchev–Trinajstić information content (AvgIpc) is 3.07. The van der Waals surface area contributed by atoms with Crippen molar-refractivity contribution in [3.05, 3.63) is 59.7 Å². The van der Waals surface area contributed by atoms with E-state index in [0.717, 1.165) is 29.0 Å². The molecule has 4 rings (SSSR count). The standard InChI is InChI=1S/C19H21N5O2/c1-25-14-7-3-12(4-8-14)16-11-17(13-5-9-15(26-2)10-6-13)24-19(21-16)22-18(20)23-24/h3-10,16-17H,11H2,1-2H3,(H3,20,21,22,23)/t16-,17-/m0/s1. The Balaban J connectivity index is 1.69. The second-order valence-electron chi connectivity index (χ2n) is 6.23. The zero-order valence-electron chi connectivity index (χ0n) is 14.7. The van der Waals surface area contributed by atoms with Gasteiger partial charge in [0.2, 0.25) is 11.9 Å². The number of aromatic nitrogens is 3. The van der Waals surface area contributed by atoms with Crippen LogP contribution in [0.15, 0.2) is 48.5 Å². The largest absolute Gasteiger partial charge is 0.497 e. The number of anilines is 2. The fourth-order valence-electron chi connectivity index (χ4n) is 3.35. The monoisotopic (exact) mass is 351 g/mol. The van der Waals surface area contributed by atoms with Gasteiger partial charge in [-0.3, -0.25) is 0 Å². The maximum Gasteiger partial charge on any atom is 0.241 e. The van der Waals surface area contributed by atoms with Gasteiger partial charge in [0.05, 0.1) is 26.3 Å². The highest BCUT2D eigenvalue weighted by Gasteiger charge is 2.30. The first-order valence-electron chi connectivity index (χ1n) is 8.44. The Labute approximate surface area is 151 Å². The second-order valence-corrected chi connectivity index (χ2v) is 6.23. The lowest BCUT2D eigenvalue weighted by molar-refractivity contribution is 0.410. The van der Waals surface area contributed by atoms with Crippen molar-refractivity contribution >= 4 is 11.9 Å². The highest BCUT2D eigenvalue weighted by Crippen LogP contribution is 2.38. The van der Waals surface area contributed by atoms with Gasteiger partial charge in [0.15, 0.2) is 0 Å². The molecule has 1 aliphatic rings. The molecule has 7 heteroatoms. The van der Waals surface area contributed by atoms with E-state index in [1.807, 2.05) is 28.9 Å². The first kappa shape index (κ1) is 16.3. The van der Waals surface area contributed by atoms with Crippen LogP contribution in [0.1, 0.15) is 29.6 Å². The van der Waals surface area contributed by atoms with Crippen LogP contribution in [0.4, 0.5) is 11.9 Å². The van der Waals surface area contributed by atoms with Gasteiger partial charge in [-0.05, 0) is 41.8 Å². The van der Waals surface area contributed by atoms with E-state index in [1.165, 1.54) is 0 Å². The lowest BCUT2D eigenvalue weighted by atomic mass is 9.93. The van der Waals surface area contributed by atoms with E-state index < -0.39 is 0 Å². The summed E-state index contributed by atoms with van der Waals surface area (Å²) in [5.41, 5.74) is 8.15. The van der Waals surface area contributed by atoms with Crippen LogP contribution in [0, 0.1) is 0 Å². The van der Waals surface area contributed by atoms with Crippen molar-refractivity contribution in [1.29, 1.82) is 0 Å². The quantitative estimate of drug-likeness (QED) is 0.751. The molecule has 3 N–H and O–H groups in total. The molecule has 7 nitrogen and oxygen atoms in total. The van der Waals surface area contributed by atoms with E-state index >= 15 is 0 Å². The Morgan fingerprint density at radius 3 is 2.12 bits per heavy atom. The number of ether oxygens (including phenoxy) is 2. The smallest absolute Gasteiger partial charge is 0.241 e. The van der Waals surface area contributed by atoms with Crippen LogP contribution in [0.5, 0.6) is 11.5 Å². The molecule has 3 aromatic rings. The predicted octanol–water partition coefficient (Wildman–Crippen LogP) is 3.02. The molecule has 1 aromatic heterocycles. The van der Waals surface area contributed by atoms with Crippen LogP contribution in [0.2, 0.25) is 0 Å². The van der Waals surface area contributed by atoms with Gasteiger partial charge in [-0.15, -0.1) is 5.10 Å². The summed E-state index contributed by atoms with van der Waals surface area (Å²) in [5, 5.41) is 7.81. The third-order valence-electron chi connectivity index (χ3n) is 4.72. The molecule has 26 heavy (non-hydrogen) atoms. The number of methoxy groups -OCH3 is 2. The Morgan fingerprint density at radius 1 is 0.962 bits per heavy atom. The van der Waals surface area contributed by atoms with E-state index in [4.69, 9.17) is 15.2 Å². The number of nitrogens with one attached hydrogen (secondary N) is 1. The summed E-state index contributed by atoms with van der Waals surface area (Å²) in [5.74, 6) is 2.60. The van der Waals surface area contributed by atoms with Crippen LogP contribution >= 0.6 is 0 Å². The summed E-state index contributed by atoms with van der Waals surface area (Å²) < 4.78 is 12.4. The maximum atomic E-state index is 5.85. The summed E-state index contributed by atoms with van der Waals surface area (Å²) in [7, 11) is 3.33. The summed E-state index contributed by atoms with van der Waals surface area (Å²) in [4.78, 5) is 4.34. The fourth-order valence-corrected chi connectivity index (χ4v) is 3.35. The van der Waals surface area contributed by atoms with Crippen molar-refractivity contribution < 1.29 is 9.47 Å². The Bertz CT molecular complexity index is 889. The molecule has 0 spiro atoms. The zero-order chi connectivity index (χ0) is 18.1. The Morgan fingerprint density at radius 2 is 1.54 bits per heavy atom. The molecular weight excluding hydrogens is 330 g/mol. The highest BCUT2D eigenvalue weighted by molar-refractivity contribution is 5.43. The van der Waals surface area contributed by atoms with Gasteiger partial charge in [-0.1, -0.05) is 24.3 Å².